The number of pyridine rings is 1. The first-order valence-electron chi connectivity index (χ1n) is 7.78. The average molecular weight is 306 g/mol. The van der Waals surface area contributed by atoms with Crippen LogP contribution in [0.25, 0.3) is 11.4 Å². The van der Waals surface area contributed by atoms with Crippen LogP contribution < -0.4 is 5.32 Å². The molecule has 116 valence electrons. The second-order valence-electron chi connectivity index (χ2n) is 5.81. The molecule has 6 nitrogen and oxygen atoms in total. The molecule has 3 heterocycles. The highest BCUT2D eigenvalue weighted by Gasteiger charge is 2.21. The minimum atomic E-state index is 0.725. The molecule has 1 aliphatic rings. The van der Waals surface area contributed by atoms with E-state index in [9.17, 15) is 0 Å². The lowest BCUT2D eigenvalue weighted by atomic mass is 10.2. The maximum atomic E-state index is 4.76. The molecule has 0 spiro atoms. The molecule has 23 heavy (non-hydrogen) atoms. The van der Waals surface area contributed by atoms with E-state index in [0.29, 0.717) is 0 Å². The van der Waals surface area contributed by atoms with Crippen molar-refractivity contribution in [3.05, 3.63) is 47.7 Å². The normalized spacial score (nSPS) is 13.1. The molecule has 0 atom stereocenters. The van der Waals surface area contributed by atoms with E-state index in [-0.39, 0.29) is 0 Å². The summed E-state index contributed by atoms with van der Waals surface area (Å²) in [6.45, 7) is 2.04. The Balaban J connectivity index is 1.79. The monoisotopic (exact) mass is 306 g/mol. The molecular formula is C17H18N6. The molecule has 1 aliphatic carbocycles. The Kier molecular flexibility index (Phi) is 3.29. The Morgan fingerprint density at radius 3 is 2.83 bits per heavy atom. The first kappa shape index (κ1) is 13.9. The quantitative estimate of drug-likeness (QED) is 0.806. The lowest BCUT2D eigenvalue weighted by Crippen LogP contribution is -2.04. The number of fused-ring (bicyclic) bond motifs is 1. The van der Waals surface area contributed by atoms with Gasteiger partial charge in [-0.2, -0.15) is 5.10 Å². The molecule has 3 aromatic heterocycles. The van der Waals surface area contributed by atoms with Crippen molar-refractivity contribution in [2.75, 3.05) is 5.32 Å². The summed E-state index contributed by atoms with van der Waals surface area (Å²) in [5.41, 5.74) is 5.37. The Bertz CT molecular complexity index is 853. The second-order valence-corrected chi connectivity index (χ2v) is 5.81. The molecule has 0 amide bonds. The number of hydrogen-bond acceptors (Lipinski definition) is 5. The summed E-state index contributed by atoms with van der Waals surface area (Å²) in [4.78, 5) is 13.7. The van der Waals surface area contributed by atoms with Crippen LogP contribution in [0, 0.1) is 6.92 Å². The lowest BCUT2D eigenvalue weighted by molar-refractivity contribution is 0.740. The van der Waals surface area contributed by atoms with Gasteiger partial charge in [0.15, 0.2) is 5.82 Å². The Morgan fingerprint density at radius 1 is 1.17 bits per heavy atom. The summed E-state index contributed by atoms with van der Waals surface area (Å²) in [7, 11) is 1.94. The summed E-state index contributed by atoms with van der Waals surface area (Å²) in [6, 6.07) is 3.90. The van der Waals surface area contributed by atoms with Crippen LogP contribution >= 0.6 is 0 Å². The van der Waals surface area contributed by atoms with Crippen LogP contribution in [0.3, 0.4) is 0 Å². The molecule has 0 saturated heterocycles. The predicted molar refractivity (Wildman–Crippen MR) is 88.5 cm³/mol. The number of nitrogens with zero attached hydrogens (tertiary/aromatic N) is 5. The van der Waals surface area contributed by atoms with E-state index in [0.717, 1.165) is 53.5 Å². The molecule has 0 saturated carbocycles. The van der Waals surface area contributed by atoms with Crippen molar-refractivity contribution in [1.82, 2.24) is 24.7 Å². The molecule has 0 aromatic carbocycles. The van der Waals surface area contributed by atoms with Gasteiger partial charge in [0.25, 0.3) is 0 Å². The molecule has 0 radical (unpaired) electrons. The summed E-state index contributed by atoms with van der Waals surface area (Å²) >= 11 is 0. The van der Waals surface area contributed by atoms with Gasteiger partial charge >= 0.3 is 0 Å². The Labute approximate surface area is 134 Å². The van der Waals surface area contributed by atoms with E-state index < -0.39 is 0 Å². The number of nitrogens with one attached hydrogen (secondary N) is 1. The third-order valence-electron chi connectivity index (χ3n) is 4.34. The molecule has 0 unspecified atom stereocenters. The topological polar surface area (TPSA) is 68.5 Å². The van der Waals surface area contributed by atoms with Crippen molar-refractivity contribution >= 4 is 11.5 Å². The fourth-order valence-electron chi connectivity index (χ4n) is 2.91. The van der Waals surface area contributed by atoms with Crippen molar-refractivity contribution < 1.29 is 0 Å². The van der Waals surface area contributed by atoms with Crippen LogP contribution in [0.4, 0.5) is 11.5 Å². The highest BCUT2D eigenvalue weighted by atomic mass is 15.3. The Morgan fingerprint density at radius 2 is 2.09 bits per heavy atom. The molecule has 4 rings (SSSR count). The van der Waals surface area contributed by atoms with Crippen molar-refractivity contribution in [2.45, 2.75) is 26.2 Å². The molecule has 1 N–H and O–H groups in total. The fourth-order valence-corrected chi connectivity index (χ4v) is 2.91. The van der Waals surface area contributed by atoms with E-state index in [2.05, 4.69) is 15.4 Å². The van der Waals surface area contributed by atoms with Gasteiger partial charge in [-0.3, -0.25) is 9.67 Å². The van der Waals surface area contributed by atoms with E-state index in [4.69, 9.17) is 9.97 Å². The number of hydrogen-bond donors (Lipinski definition) is 1. The number of anilines is 2. The average Bonchev–Trinajstić information content (AvgIpc) is 3.17. The third-order valence-corrected chi connectivity index (χ3v) is 4.34. The molecule has 0 bridgehead atoms. The first-order chi connectivity index (χ1) is 11.2. The smallest absolute Gasteiger partial charge is 0.163 e. The minimum Gasteiger partial charge on any atom is -0.337 e. The predicted octanol–water partition coefficient (Wildman–Crippen LogP) is 2.81. The van der Waals surface area contributed by atoms with E-state index >= 15 is 0 Å². The van der Waals surface area contributed by atoms with Gasteiger partial charge in [0.1, 0.15) is 5.82 Å². The van der Waals surface area contributed by atoms with Gasteiger partial charge in [0.2, 0.25) is 0 Å². The van der Waals surface area contributed by atoms with E-state index in [1.807, 2.05) is 37.0 Å². The van der Waals surface area contributed by atoms with Gasteiger partial charge in [0, 0.05) is 36.3 Å². The van der Waals surface area contributed by atoms with Gasteiger partial charge in [-0.15, -0.1) is 0 Å². The zero-order valence-corrected chi connectivity index (χ0v) is 13.2. The highest BCUT2D eigenvalue weighted by molar-refractivity contribution is 5.66. The number of rotatable bonds is 3. The maximum absolute atomic E-state index is 4.76. The fraction of sp³-hybridized carbons (Fsp3) is 0.294. The van der Waals surface area contributed by atoms with Crippen LogP contribution in [0.15, 0.2) is 30.7 Å². The largest absolute Gasteiger partial charge is 0.337 e. The van der Waals surface area contributed by atoms with Crippen LogP contribution in [0.5, 0.6) is 0 Å². The second kappa shape index (κ2) is 5.46. The summed E-state index contributed by atoms with van der Waals surface area (Å²) < 4.78 is 1.85. The van der Waals surface area contributed by atoms with E-state index in [1.165, 1.54) is 5.56 Å². The summed E-state index contributed by atoms with van der Waals surface area (Å²) in [5.74, 6) is 1.62. The standard InChI is InChI=1S/C17H18N6/c1-11-15(10-19-23(11)2)21-17-13-6-3-7-14(13)20-16(22-17)12-5-4-8-18-9-12/h4-5,8-10H,3,6-7H2,1-2H3,(H,20,21,22). The van der Waals surface area contributed by atoms with Crippen molar-refractivity contribution in [1.29, 1.82) is 0 Å². The van der Waals surface area contributed by atoms with Gasteiger partial charge in [0.05, 0.1) is 17.6 Å². The van der Waals surface area contributed by atoms with Crippen molar-refractivity contribution in [3.63, 3.8) is 0 Å². The molecule has 0 fully saturated rings. The molecule has 3 aromatic rings. The lowest BCUT2D eigenvalue weighted by Gasteiger charge is -2.12. The zero-order valence-electron chi connectivity index (χ0n) is 13.2. The van der Waals surface area contributed by atoms with Crippen LogP contribution in [0.2, 0.25) is 0 Å². The third kappa shape index (κ3) is 2.46. The summed E-state index contributed by atoms with van der Waals surface area (Å²) in [6.07, 6.45) is 8.55. The SMILES string of the molecule is Cc1c(Nc2nc(-c3cccnc3)nc3c2CCC3)cnn1C. The van der Waals surface area contributed by atoms with Gasteiger partial charge in [-0.05, 0) is 38.3 Å². The number of aromatic nitrogens is 5. The van der Waals surface area contributed by atoms with Crippen LogP contribution in [-0.2, 0) is 19.9 Å². The van der Waals surface area contributed by atoms with Crippen molar-refractivity contribution in [3.8, 4) is 11.4 Å². The van der Waals surface area contributed by atoms with Crippen LogP contribution in [0.1, 0.15) is 23.4 Å². The molecule has 6 heteroatoms. The van der Waals surface area contributed by atoms with Gasteiger partial charge in [-0.25, -0.2) is 9.97 Å². The van der Waals surface area contributed by atoms with E-state index in [1.54, 1.807) is 12.4 Å². The molecular weight excluding hydrogens is 288 g/mol. The highest BCUT2D eigenvalue weighted by Crippen LogP contribution is 2.31. The Hall–Kier alpha value is -2.76. The van der Waals surface area contributed by atoms with Crippen LogP contribution in [-0.4, -0.2) is 24.7 Å². The maximum Gasteiger partial charge on any atom is 0.163 e. The van der Waals surface area contributed by atoms with Crippen molar-refractivity contribution in [2.24, 2.45) is 7.05 Å². The van der Waals surface area contributed by atoms with Gasteiger partial charge < -0.3 is 5.32 Å². The summed E-state index contributed by atoms with van der Waals surface area (Å²) in [5, 5.41) is 7.74. The number of aryl methyl sites for hydroxylation is 2. The molecule has 0 aliphatic heterocycles. The van der Waals surface area contributed by atoms with Gasteiger partial charge in [-0.1, -0.05) is 0 Å². The zero-order chi connectivity index (χ0) is 15.8. The first-order valence-corrected chi connectivity index (χ1v) is 7.78. The minimum absolute atomic E-state index is 0.725.